The maximum atomic E-state index is 9.78. The first-order chi connectivity index (χ1) is 16.3. The Kier molecular flexibility index (Phi) is 5.10. The van der Waals surface area contributed by atoms with Crippen LogP contribution in [0.25, 0.3) is 33.3 Å². The molecular weight excluding hydrogens is 416 g/mol. The van der Waals surface area contributed by atoms with Crippen LogP contribution >= 0.6 is 0 Å². The molecule has 0 spiro atoms. The van der Waals surface area contributed by atoms with Crippen LogP contribution in [0, 0.1) is 11.3 Å². The van der Waals surface area contributed by atoms with Gasteiger partial charge in [0.1, 0.15) is 17.9 Å². The average Bonchev–Trinajstić information content (AvgIpc) is 3.46. The third kappa shape index (κ3) is 3.78. The van der Waals surface area contributed by atoms with Crippen LogP contribution < -0.4 is 4.74 Å². The first-order valence-electron chi connectivity index (χ1n) is 11.3. The van der Waals surface area contributed by atoms with E-state index in [2.05, 4.69) is 40.5 Å². The van der Waals surface area contributed by atoms with Crippen LogP contribution in [0.5, 0.6) is 5.75 Å². The second kappa shape index (κ2) is 8.39. The highest BCUT2D eigenvalue weighted by Crippen LogP contribution is 2.35. The summed E-state index contributed by atoms with van der Waals surface area (Å²) in [4.78, 5) is 3.52. The predicted molar refractivity (Wildman–Crippen MR) is 124 cm³/mol. The smallest absolute Gasteiger partial charge is 0.137 e. The number of nitriles is 1. The predicted octanol–water partition coefficient (Wildman–Crippen LogP) is 4.70. The van der Waals surface area contributed by atoms with Gasteiger partial charge in [-0.1, -0.05) is 18.2 Å². The second-order valence-electron chi connectivity index (χ2n) is 8.60. The first-order valence-corrected chi connectivity index (χ1v) is 11.3. The van der Waals surface area contributed by atoms with Crippen molar-refractivity contribution in [1.29, 1.82) is 5.26 Å². The van der Waals surface area contributed by atoms with Crippen molar-refractivity contribution in [3.63, 3.8) is 0 Å². The molecule has 2 saturated heterocycles. The van der Waals surface area contributed by atoms with E-state index < -0.39 is 0 Å². The summed E-state index contributed by atoms with van der Waals surface area (Å²) in [6, 6.07) is 16.9. The minimum atomic E-state index is 0.0970. The van der Waals surface area contributed by atoms with Crippen molar-refractivity contribution in [3.05, 3.63) is 60.4 Å². The minimum absolute atomic E-state index is 0.0970. The van der Waals surface area contributed by atoms with E-state index in [1.807, 2.05) is 35.1 Å². The fraction of sp³-hybridized carbons (Fsp3) is 0.308. The number of hydrogen-bond acceptors (Lipinski definition) is 5. The molecule has 1 N–H and O–H groups in total. The molecule has 7 nitrogen and oxygen atoms in total. The molecule has 0 aliphatic carbocycles. The minimum Gasteiger partial charge on any atom is -0.489 e. The van der Waals surface area contributed by atoms with E-state index in [-0.39, 0.29) is 6.10 Å². The van der Waals surface area contributed by atoms with Crippen molar-refractivity contribution in [2.24, 2.45) is 0 Å². The van der Waals surface area contributed by atoms with Crippen molar-refractivity contribution in [3.8, 4) is 34.2 Å². The Morgan fingerprint density at radius 2 is 1.94 bits per heavy atom. The van der Waals surface area contributed by atoms with Crippen molar-refractivity contribution < 1.29 is 14.2 Å². The van der Waals surface area contributed by atoms with Crippen LogP contribution in [0.2, 0.25) is 0 Å². The van der Waals surface area contributed by atoms with Crippen LogP contribution in [0.3, 0.4) is 0 Å². The number of H-pyrrole nitrogens is 1. The zero-order valence-electron chi connectivity index (χ0n) is 18.2. The number of aromatic amines is 1. The SMILES string of the molecule is N#Cc1cc(-c2cccc3[nH]c(-c4cnn(C5COC5)c4)cc23)ccc1OC1CCOCC1. The summed E-state index contributed by atoms with van der Waals surface area (Å²) in [6.07, 6.45) is 5.75. The van der Waals surface area contributed by atoms with E-state index >= 15 is 0 Å². The third-order valence-corrected chi connectivity index (χ3v) is 6.44. The fourth-order valence-electron chi connectivity index (χ4n) is 4.48. The molecule has 2 fully saturated rings. The number of fused-ring (bicyclic) bond motifs is 1. The van der Waals surface area contributed by atoms with Crippen LogP contribution in [0.4, 0.5) is 0 Å². The Morgan fingerprint density at radius 1 is 1.06 bits per heavy atom. The second-order valence-corrected chi connectivity index (χ2v) is 8.60. The molecule has 2 aliphatic heterocycles. The van der Waals surface area contributed by atoms with Gasteiger partial charge in [-0.3, -0.25) is 4.68 Å². The molecule has 0 unspecified atom stereocenters. The molecule has 2 aromatic heterocycles. The van der Waals surface area contributed by atoms with Gasteiger partial charge in [-0.2, -0.15) is 10.4 Å². The van der Waals surface area contributed by atoms with E-state index in [0.29, 0.717) is 43.8 Å². The topological polar surface area (TPSA) is 85.1 Å². The van der Waals surface area contributed by atoms with E-state index in [9.17, 15) is 5.26 Å². The molecule has 2 aliphatic rings. The van der Waals surface area contributed by atoms with Crippen LogP contribution in [0.1, 0.15) is 24.4 Å². The molecule has 4 aromatic rings. The molecule has 0 amide bonds. The fourth-order valence-corrected chi connectivity index (χ4v) is 4.48. The Balaban J connectivity index is 1.33. The molecule has 0 atom stereocenters. The zero-order chi connectivity index (χ0) is 22.2. The quantitative estimate of drug-likeness (QED) is 0.486. The third-order valence-electron chi connectivity index (χ3n) is 6.44. The van der Waals surface area contributed by atoms with Gasteiger partial charge in [0.25, 0.3) is 0 Å². The molecule has 33 heavy (non-hydrogen) atoms. The highest BCUT2D eigenvalue weighted by molar-refractivity contribution is 5.98. The number of aromatic nitrogens is 3. The number of nitrogens with one attached hydrogen (secondary N) is 1. The molecule has 6 rings (SSSR count). The number of nitrogens with zero attached hydrogens (tertiary/aromatic N) is 3. The highest BCUT2D eigenvalue weighted by Gasteiger charge is 2.22. The van der Waals surface area contributed by atoms with Crippen LogP contribution in [-0.4, -0.2) is 47.3 Å². The molecule has 2 aromatic carbocycles. The van der Waals surface area contributed by atoms with Gasteiger partial charge >= 0.3 is 0 Å². The van der Waals surface area contributed by atoms with E-state index in [1.165, 1.54) is 0 Å². The van der Waals surface area contributed by atoms with Gasteiger partial charge in [0.15, 0.2) is 0 Å². The van der Waals surface area contributed by atoms with Crippen LogP contribution in [0.15, 0.2) is 54.9 Å². The summed E-state index contributed by atoms with van der Waals surface area (Å²) in [7, 11) is 0. The summed E-state index contributed by atoms with van der Waals surface area (Å²) in [5.41, 5.74) is 5.72. The van der Waals surface area contributed by atoms with Gasteiger partial charge < -0.3 is 19.2 Å². The lowest BCUT2D eigenvalue weighted by Gasteiger charge is -2.25. The van der Waals surface area contributed by atoms with Crippen molar-refractivity contribution in [2.45, 2.75) is 25.0 Å². The molecule has 0 bridgehead atoms. The van der Waals surface area contributed by atoms with Crippen molar-refractivity contribution in [2.75, 3.05) is 26.4 Å². The van der Waals surface area contributed by atoms with E-state index in [1.54, 1.807) is 0 Å². The Morgan fingerprint density at radius 3 is 2.73 bits per heavy atom. The summed E-state index contributed by atoms with van der Waals surface area (Å²) < 4.78 is 18.8. The van der Waals surface area contributed by atoms with Crippen LogP contribution in [-0.2, 0) is 9.47 Å². The molecule has 0 saturated carbocycles. The van der Waals surface area contributed by atoms with Gasteiger partial charge in [-0.15, -0.1) is 0 Å². The number of ether oxygens (including phenoxy) is 3. The highest BCUT2D eigenvalue weighted by atomic mass is 16.5. The standard InChI is InChI=1S/C26H24N4O3/c27-12-18-10-17(4-5-26(18)33-21-6-8-31-9-7-21)22-2-1-3-24-23(22)11-25(29-24)19-13-28-30(14-19)20-15-32-16-20/h1-5,10-11,13-14,20-21,29H,6-9,15-16H2. The molecule has 166 valence electrons. The Hall–Kier alpha value is -3.60. The largest absolute Gasteiger partial charge is 0.489 e. The number of hydrogen-bond donors (Lipinski definition) is 1. The lowest BCUT2D eigenvalue weighted by Crippen LogP contribution is -2.30. The normalized spacial score (nSPS) is 17.1. The van der Waals surface area contributed by atoms with E-state index in [0.717, 1.165) is 46.1 Å². The van der Waals surface area contributed by atoms with Crippen molar-refractivity contribution >= 4 is 10.9 Å². The molecule has 4 heterocycles. The zero-order valence-corrected chi connectivity index (χ0v) is 18.2. The maximum absolute atomic E-state index is 9.78. The Bertz CT molecular complexity index is 1340. The summed E-state index contributed by atoms with van der Waals surface area (Å²) in [6.45, 7) is 2.84. The number of rotatable bonds is 5. The van der Waals surface area contributed by atoms with E-state index in [4.69, 9.17) is 14.2 Å². The van der Waals surface area contributed by atoms with Gasteiger partial charge in [0, 0.05) is 41.2 Å². The first kappa shape index (κ1) is 20.0. The number of benzene rings is 2. The summed E-state index contributed by atoms with van der Waals surface area (Å²) >= 11 is 0. The van der Waals surface area contributed by atoms with Gasteiger partial charge in [-0.05, 0) is 35.4 Å². The van der Waals surface area contributed by atoms with Gasteiger partial charge in [0.05, 0.1) is 44.2 Å². The molecular formula is C26H24N4O3. The summed E-state index contributed by atoms with van der Waals surface area (Å²) in [5.74, 6) is 0.641. The summed E-state index contributed by atoms with van der Waals surface area (Å²) in [5, 5.41) is 15.4. The van der Waals surface area contributed by atoms with Crippen molar-refractivity contribution in [1.82, 2.24) is 14.8 Å². The maximum Gasteiger partial charge on any atom is 0.137 e. The van der Waals surface area contributed by atoms with Gasteiger partial charge in [-0.25, -0.2) is 0 Å². The van der Waals surface area contributed by atoms with Gasteiger partial charge in [0.2, 0.25) is 0 Å². The average molecular weight is 441 g/mol. The molecule has 0 radical (unpaired) electrons. The Labute approximate surface area is 191 Å². The monoisotopic (exact) mass is 440 g/mol. The lowest BCUT2D eigenvalue weighted by atomic mass is 9.99. The lowest BCUT2D eigenvalue weighted by molar-refractivity contribution is -0.0286. The molecule has 7 heteroatoms.